The Bertz CT molecular complexity index is 670. The third-order valence-electron chi connectivity index (χ3n) is 6.51. The van der Waals surface area contributed by atoms with Crippen LogP contribution in [0.15, 0.2) is 66.3 Å². The molecule has 3 aliphatic rings. The Morgan fingerprint density at radius 2 is 1.22 bits per heavy atom. The first-order valence-electron chi connectivity index (χ1n) is 14.8. The second-order valence-corrected chi connectivity index (χ2v) is 10.8. The number of allylic oxidation sites excluding steroid dienone is 5. The van der Waals surface area contributed by atoms with E-state index in [-0.39, 0.29) is 7.43 Å². The van der Waals surface area contributed by atoms with E-state index in [0.717, 1.165) is 0 Å². The van der Waals surface area contributed by atoms with Crippen molar-refractivity contribution in [3.63, 3.8) is 0 Å². The molecule has 0 amide bonds. The molecule has 0 aromatic heterocycles. The van der Waals surface area contributed by atoms with Gasteiger partial charge in [0.2, 0.25) is 0 Å². The van der Waals surface area contributed by atoms with Gasteiger partial charge in [-0.1, -0.05) is 137 Å². The van der Waals surface area contributed by atoms with Gasteiger partial charge in [-0.3, -0.25) is 0 Å². The highest BCUT2D eigenvalue weighted by Crippen LogP contribution is 2.45. The second kappa shape index (κ2) is 22.6. The van der Waals surface area contributed by atoms with Crippen LogP contribution in [0.3, 0.4) is 0 Å². The van der Waals surface area contributed by atoms with Crippen molar-refractivity contribution in [1.82, 2.24) is 0 Å². The Morgan fingerprint density at radius 1 is 0.750 bits per heavy atom. The highest BCUT2D eigenvalue weighted by molar-refractivity contribution is 5.37. The number of fused-ring (bicyclic) bond motifs is 1. The fourth-order valence-corrected chi connectivity index (χ4v) is 5.20. The minimum atomic E-state index is 0. The first-order valence-corrected chi connectivity index (χ1v) is 14.8. The summed E-state index contributed by atoms with van der Waals surface area (Å²) < 4.78 is 0. The van der Waals surface area contributed by atoms with Gasteiger partial charge in [-0.15, -0.1) is 6.58 Å². The van der Waals surface area contributed by atoms with Crippen LogP contribution in [0.25, 0.3) is 0 Å². The molecule has 36 heavy (non-hydrogen) atoms. The van der Waals surface area contributed by atoms with Gasteiger partial charge in [0.1, 0.15) is 0 Å². The van der Waals surface area contributed by atoms with Crippen LogP contribution in [0.2, 0.25) is 0 Å². The van der Waals surface area contributed by atoms with Gasteiger partial charge >= 0.3 is 0 Å². The molecule has 0 radical (unpaired) electrons. The van der Waals surface area contributed by atoms with Crippen LogP contribution in [0.5, 0.6) is 0 Å². The molecule has 0 heteroatoms. The van der Waals surface area contributed by atoms with E-state index in [1.165, 1.54) is 63.4 Å². The minimum absolute atomic E-state index is 0. The summed E-state index contributed by atoms with van der Waals surface area (Å²) in [6, 6.07) is 10.3. The van der Waals surface area contributed by atoms with E-state index < -0.39 is 0 Å². The summed E-state index contributed by atoms with van der Waals surface area (Å²) in [6.07, 6.45) is 19.2. The molecule has 1 aromatic rings. The van der Waals surface area contributed by atoms with Crippen LogP contribution in [-0.4, -0.2) is 0 Å². The lowest BCUT2D eigenvalue weighted by atomic mass is 9.65. The number of rotatable bonds is 1. The zero-order valence-corrected chi connectivity index (χ0v) is 25.8. The zero-order valence-electron chi connectivity index (χ0n) is 25.8. The summed E-state index contributed by atoms with van der Waals surface area (Å²) in [5, 5.41) is 0. The molecule has 0 N–H and O–H groups in total. The number of hydrogen-bond donors (Lipinski definition) is 0. The van der Waals surface area contributed by atoms with Crippen molar-refractivity contribution in [1.29, 1.82) is 0 Å². The topological polar surface area (TPSA) is 0 Å². The van der Waals surface area contributed by atoms with Crippen molar-refractivity contribution in [2.45, 2.75) is 141 Å². The summed E-state index contributed by atoms with van der Waals surface area (Å²) in [7, 11) is 0. The maximum absolute atomic E-state index is 3.85. The SMILES string of the molecule is C.C=CC1C=C2CCCCC2=CC1.CC.CC.CC.CC1(C)CCCC(C)(C)C1.Cc1ccccc1. The summed E-state index contributed by atoms with van der Waals surface area (Å²) in [6.45, 7) is 27.5. The number of benzene rings is 1. The van der Waals surface area contributed by atoms with Crippen molar-refractivity contribution in [2.75, 3.05) is 0 Å². The Morgan fingerprint density at radius 3 is 1.58 bits per heavy atom. The fourth-order valence-electron chi connectivity index (χ4n) is 5.20. The number of aryl methyl sites for hydroxylation is 1. The Labute approximate surface area is 229 Å². The first kappa shape index (κ1) is 39.0. The predicted octanol–water partition coefficient (Wildman–Crippen LogP) is 12.9. The van der Waals surface area contributed by atoms with Gasteiger partial charge in [-0.05, 0) is 86.2 Å². The lowest BCUT2D eigenvalue weighted by molar-refractivity contribution is 0.116. The van der Waals surface area contributed by atoms with Gasteiger partial charge in [0.25, 0.3) is 0 Å². The molecule has 210 valence electrons. The monoisotopic (exact) mass is 499 g/mol. The molecule has 4 rings (SSSR count). The summed E-state index contributed by atoms with van der Waals surface area (Å²) in [5.41, 5.74) is 5.78. The van der Waals surface area contributed by atoms with E-state index in [2.05, 4.69) is 71.6 Å². The van der Waals surface area contributed by atoms with E-state index in [1.54, 1.807) is 11.1 Å². The van der Waals surface area contributed by atoms with E-state index in [4.69, 9.17) is 0 Å². The van der Waals surface area contributed by atoms with Crippen LogP contribution >= 0.6 is 0 Å². The Balaban J connectivity index is -0.000000414. The second-order valence-electron chi connectivity index (χ2n) is 10.8. The molecule has 1 aromatic carbocycles. The maximum atomic E-state index is 3.85. The standard InChI is InChI=1S/C12H16.C10H20.C7H8.3C2H6.CH4/c1-2-10-7-8-11-5-3-4-6-12(11)9-10;1-9(2)6-5-7-10(3,4)8-9;1-7-5-3-2-4-6-7;3*1-2;/h2,8-10H,1,3-7H2;5-8H2,1-4H3;2-6H,1H3;3*1-2H3;1H4. The largest absolute Gasteiger partial charge is 0.102 e. The fraction of sp³-hybridized carbons (Fsp3) is 0.667. The van der Waals surface area contributed by atoms with Crippen LogP contribution in [-0.2, 0) is 0 Å². The molecule has 0 bridgehead atoms. The summed E-state index contributed by atoms with van der Waals surface area (Å²) in [5.74, 6) is 0.613. The van der Waals surface area contributed by atoms with Crippen molar-refractivity contribution >= 4 is 0 Å². The van der Waals surface area contributed by atoms with E-state index >= 15 is 0 Å². The average Bonchev–Trinajstić information content (AvgIpc) is 2.87. The third-order valence-corrected chi connectivity index (χ3v) is 6.51. The van der Waals surface area contributed by atoms with Crippen molar-refractivity contribution in [2.24, 2.45) is 16.7 Å². The van der Waals surface area contributed by atoms with Crippen LogP contribution in [0.4, 0.5) is 0 Å². The molecule has 2 saturated carbocycles. The normalized spacial score (nSPS) is 20.0. The smallest absolute Gasteiger partial charge is 0.00155 e. The highest BCUT2D eigenvalue weighted by Gasteiger charge is 2.32. The minimum Gasteiger partial charge on any atom is -0.102 e. The molecular formula is C36H66. The lowest BCUT2D eigenvalue weighted by Gasteiger charge is -2.40. The Hall–Kier alpha value is -1.56. The molecule has 0 heterocycles. The molecule has 1 unspecified atom stereocenters. The average molecular weight is 499 g/mol. The number of hydrogen-bond acceptors (Lipinski definition) is 0. The van der Waals surface area contributed by atoms with Gasteiger partial charge in [-0.2, -0.15) is 0 Å². The van der Waals surface area contributed by atoms with E-state index in [9.17, 15) is 0 Å². The summed E-state index contributed by atoms with van der Waals surface area (Å²) >= 11 is 0. The first-order chi connectivity index (χ1) is 16.7. The third kappa shape index (κ3) is 17.8. The zero-order chi connectivity index (χ0) is 27.3. The molecule has 0 aliphatic heterocycles. The Kier molecular flexibility index (Phi) is 24.5. The molecule has 1 atom stereocenters. The van der Waals surface area contributed by atoms with E-state index in [1.807, 2.05) is 59.7 Å². The molecule has 2 fully saturated rings. The van der Waals surface area contributed by atoms with Gasteiger partial charge < -0.3 is 0 Å². The van der Waals surface area contributed by atoms with E-state index in [0.29, 0.717) is 16.7 Å². The van der Waals surface area contributed by atoms with Gasteiger partial charge in [0.05, 0.1) is 0 Å². The lowest BCUT2D eigenvalue weighted by Crippen LogP contribution is -2.28. The maximum Gasteiger partial charge on any atom is -0.00155 e. The molecule has 0 spiro atoms. The van der Waals surface area contributed by atoms with Crippen LogP contribution in [0.1, 0.15) is 140 Å². The van der Waals surface area contributed by atoms with Gasteiger partial charge in [0, 0.05) is 0 Å². The molecule has 0 saturated heterocycles. The molecule has 3 aliphatic carbocycles. The quantitative estimate of drug-likeness (QED) is 0.338. The highest BCUT2D eigenvalue weighted by atomic mass is 14.4. The molecule has 0 nitrogen and oxygen atoms in total. The predicted molar refractivity (Wildman–Crippen MR) is 171 cm³/mol. The summed E-state index contributed by atoms with van der Waals surface area (Å²) in [4.78, 5) is 0. The van der Waals surface area contributed by atoms with Crippen molar-refractivity contribution < 1.29 is 0 Å². The van der Waals surface area contributed by atoms with Crippen LogP contribution in [0, 0.1) is 23.7 Å². The molecular weight excluding hydrogens is 432 g/mol. The van der Waals surface area contributed by atoms with Crippen LogP contribution < -0.4 is 0 Å². The van der Waals surface area contributed by atoms with Crippen molar-refractivity contribution in [3.8, 4) is 0 Å². The van der Waals surface area contributed by atoms with Crippen molar-refractivity contribution in [3.05, 3.63) is 71.8 Å². The van der Waals surface area contributed by atoms with Gasteiger partial charge in [-0.25, -0.2) is 0 Å². The van der Waals surface area contributed by atoms with Gasteiger partial charge in [0.15, 0.2) is 0 Å².